The van der Waals surface area contributed by atoms with Gasteiger partial charge in [0.15, 0.2) is 43.9 Å². The second kappa shape index (κ2) is 49.1. The van der Waals surface area contributed by atoms with E-state index in [1.165, 1.54) is 62.7 Å². The van der Waals surface area contributed by atoms with Gasteiger partial charge in [-0.2, -0.15) is 26.3 Å². The van der Waals surface area contributed by atoms with Crippen LogP contribution in [-0.4, -0.2) is 168 Å². The first kappa shape index (κ1) is 103. The van der Waals surface area contributed by atoms with Gasteiger partial charge in [-0.25, -0.2) is 38.4 Å². The van der Waals surface area contributed by atoms with E-state index in [1.807, 2.05) is 57.2 Å². The summed E-state index contributed by atoms with van der Waals surface area (Å²) in [6.45, 7) is 8.37. The Morgan fingerprint density at radius 3 is 1.13 bits per heavy atom. The number of carbonyl (C=O) groups is 10. The van der Waals surface area contributed by atoms with Gasteiger partial charge in [-0.15, -0.1) is 0 Å². The number of fused-ring (bicyclic) bond motifs is 1. The highest BCUT2D eigenvalue weighted by Crippen LogP contribution is 2.49. The van der Waals surface area contributed by atoms with Crippen molar-refractivity contribution < 1.29 is 168 Å². The lowest BCUT2D eigenvalue weighted by molar-refractivity contribution is -0.151. The van der Waals surface area contributed by atoms with E-state index >= 15 is 0 Å². The van der Waals surface area contributed by atoms with Crippen LogP contribution in [0.25, 0.3) is 10.8 Å². The number of carboxylic acids is 10. The van der Waals surface area contributed by atoms with Gasteiger partial charge in [0.25, 0.3) is 0 Å². The molecule has 29 nitrogen and oxygen atoms in total. The molecule has 0 saturated carbocycles. The van der Waals surface area contributed by atoms with Crippen LogP contribution in [0.1, 0.15) is 61.4 Å². The summed E-state index contributed by atoms with van der Waals surface area (Å²) in [6, 6.07) is 32.0. The van der Waals surface area contributed by atoms with Crippen LogP contribution in [0, 0.1) is 20.8 Å². The van der Waals surface area contributed by atoms with Crippen molar-refractivity contribution in [3.63, 3.8) is 0 Å². The first-order valence-electron chi connectivity index (χ1n) is 32.5. The first-order valence-corrected chi connectivity index (χ1v) is 35.5. The molecule has 0 bridgehead atoms. The molecule has 10 N–H and O–H groups in total. The van der Waals surface area contributed by atoms with E-state index in [0.717, 1.165) is 21.9 Å². The highest BCUT2D eigenvalue weighted by molar-refractivity contribution is 6.55. The predicted octanol–water partition coefficient (Wildman–Crippen LogP) is 17.7. The molecule has 8 aromatic carbocycles. The minimum atomic E-state index is -5.00. The Balaban J connectivity index is 0.000000468. The Morgan fingerprint density at radius 1 is 0.356 bits per heavy atom. The third kappa shape index (κ3) is 37.8. The molecule has 0 aromatic heterocycles. The Bertz CT molecular complexity index is 4720. The number of aliphatic carboxylic acids is 10. The second-order valence-electron chi connectivity index (χ2n) is 23.1. The Kier molecular flexibility index (Phi) is 42.8. The van der Waals surface area contributed by atoms with Crippen LogP contribution in [0.5, 0.6) is 51.7 Å². The van der Waals surface area contributed by atoms with Gasteiger partial charge in [0.1, 0.15) is 56.0 Å². The average Bonchev–Trinajstić information content (AvgIpc) is 0.793. The zero-order valence-corrected chi connectivity index (χ0v) is 67.7. The topological polar surface area (TPSA) is 456 Å². The van der Waals surface area contributed by atoms with Crippen LogP contribution in [0.3, 0.4) is 0 Å². The molecule has 5 unspecified atom stereocenters. The van der Waals surface area contributed by atoms with Gasteiger partial charge in [-0.3, -0.25) is 9.59 Å². The highest BCUT2D eigenvalue weighted by Gasteiger charge is 2.38. The molecule has 640 valence electrons. The van der Waals surface area contributed by atoms with Gasteiger partial charge >= 0.3 is 72.0 Å². The summed E-state index contributed by atoms with van der Waals surface area (Å²) in [7, 11) is 1.56. The third-order valence-electron chi connectivity index (χ3n) is 14.0. The molecule has 8 rings (SSSR count). The van der Waals surface area contributed by atoms with Crippen LogP contribution in [0.15, 0.2) is 133 Å². The minimum Gasteiger partial charge on any atom is -0.497 e. The Hall–Kier alpha value is -11.2. The van der Waals surface area contributed by atoms with E-state index in [0.29, 0.717) is 35.1 Å². The SMILES string of the molecule is CC(Oc1c(Cl)c(Cl)c(Cl)c(Cl)c1Cl)C(=O)O.CC(Oc1ccc(Cl)c(OC(C)C(=O)O)c1)C(=O)O.COc1ccc(OCC(=O)O)cc1.Cc1cc(OCC(=O)O)cc(C)c1C.O=C(O)CC(Oc1cc(Cl)cc(Cl)c1)C(=O)O.O=C(O)CC(Oc1ccc2ccccc2c1)C(=O)O.O=C(O)COc1cc(C(F)(F)F)cc(C(F)(F)F)c1. The fourth-order valence-corrected chi connectivity index (χ4v) is 9.97. The zero-order chi connectivity index (χ0) is 90.0. The second-order valence-corrected chi connectivity index (χ2v) is 26.3. The molecular weight excluding hydrogens is 1760 g/mol. The van der Waals surface area contributed by atoms with E-state index in [1.54, 1.807) is 49.6 Å². The molecule has 0 aliphatic rings. The van der Waals surface area contributed by atoms with Crippen LogP contribution < -0.4 is 42.6 Å². The molecule has 8 aromatic rings. The van der Waals surface area contributed by atoms with Crippen LogP contribution >= 0.6 is 92.8 Å². The van der Waals surface area contributed by atoms with Crippen LogP contribution in [0.4, 0.5) is 26.3 Å². The number of alkyl halides is 6. The van der Waals surface area contributed by atoms with Crippen LogP contribution in [-0.2, 0) is 60.3 Å². The maximum absolute atomic E-state index is 12.4. The Morgan fingerprint density at radius 2 is 0.720 bits per heavy atom. The highest BCUT2D eigenvalue weighted by atomic mass is 35.5. The summed E-state index contributed by atoms with van der Waals surface area (Å²) in [5.41, 5.74) is 0.314. The smallest absolute Gasteiger partial charge is 0.416 e. The molecule has 118 heavy (non-hydrogen) atoms. The van der Waals surface area contributed by atoms with Crippen molar-refractivity contribution in [1.29, 1.82) is 0 Å². The summed E-state index contributed by atoms with van der Waals surface area (Å²) in [5, 5.41) is 88.4. The summed E-state index contributed by atoms with van der Waals surface area (Å²) in [5.74, 6) is -10.3. The molecule has 0 heterocycles. The maximum Gasteiger partial charge on any atom is 0.416 e. The van der Waals surface area contributed by atoms with Crippen molar-refractivity contribution in [3.05, 3.63) is 201 Å². The molecule has 0 amide bonds. The van der Waals surface area contributed by atoms with Gasteiger partial charge in [0, 0.05) is 16.1 Å². The monoisotopic (exact) mass is 1830 g/mol. The molecule has 5 atom stereocenters. The normalized spacial score (nSPS) is 11.8. The number of hydrogen-bond donors (Lipinski definition) is 10. The first-order chi connectivity index (χ1) is 54.7. The average molecular weight is 1830 g/mol. The van der Waals surface area contributed by atoms with Crippen molar-refractivity contribution in [2.45, 2.75) is 97.3 Å². The molecule has 0 aliphatic carbocycles. The number of carboxylic acid groups (broad SMARTS) is 10. The summed E-state index contributed by atoms with van der Waals surface area (Å²) >= 11 is 46.3. The molecule has 0 radical (unpaired) electrons. The minimum absolute atomic E-state index is 0.0151. The quantitative estimate of drug-likeness (QED) is 0.0118. The lowest BCUT2D eigenvalue weighted by Gasteiger charge is -2.16. The third-order valence-corrected chi connectivity index (χ3v) is 17.0. The van der Waals surface area contributed by atoms with Gasteiger partial charge in [0.2, 0.25) is 12.2 Å². The van der Waals surface area contributed by atoms with E-state index in [9.17, 15) is 74.3 Å². The number of ether oxygens (including phenoxy) is 9. The van der Waals surface area contributed by atoms with Crippen molar-refractivity contribution >= 4 is 163 Å². The van der Waals surface area contributed by atoms with Gasteiger partial charge in [-0.05, 0) is 166 Å². The van der Waals surface area contributed by atoms with Crippen molar-refractivity contribution in [2.75, 3.05) is 26.9 Å². The van der Waals surface area contributed by atoms with Gasteiger partial charge in [-0.1, -0.05) is 123 Å². The van der Waals surface area contributed by atoms with Crippen LogP contribution in [0.2, 0.25) is 40.2 Å². The van der Waals surface area contributed by atoms with Crippen molar-refractivity contribution in [1.82, 2.24) is 0 Å². The fourth-order valence-electron chi connectivity index (χ4n) is 8.10. The number of aryl methyl sites for hydroxylation is 2. The van der Waals surface area contributed by atoms with E-state index in [4.69, 9.17) is 182 Å². The number of halogens is 14. The summed E-state index contributed by atoms with van der Waals surface area (Å²) < 4.78 is 119. The lowest BCUT2D eigenvalue weighted by atomic mass is 10.0. The largest absolute Gasteiger partial charge is 0.497 e. The van der Waals surface area contributed by atoms with Crippen molar-refractivity contribution in [2.24, 2.45) is 0 Å². The number of hydrogen-bond acceptors (Lipinski definition) is 19. The van der Waals surface area contributed by atoms with E-state index in [2.05, 4.69) is 4.74 Å². The van der Waals surface area contributed by atoms with Crippen molar-refractivity contribution in [3.8, 4) is 51.7 Å². The Labute approximate surface area is 704 Å². The standard InChI is InChI=1S/C14H12O5.C12H13ClO6.C11H14O3.C10H8Cl2O5.C10H6F6O3.C9H5Cl5O3.C9H10O4/c15-13(16)8-12(14(17)18)19-11-6-5-9-3-1-2-4-10(9)7-11;1-6(11(14)15)18-8-3-4-9(13)10(5-8)19-7(2)12(16)17;1-7-4-10(14-6-11(12)13)5-8(2)9(7)3;11-5-1-6(12)3-7(2-5)17-8(10(15)16)4-9(13)14;11-9(12,13)5-1-6(10(14,15)16)3-7(2-5)19-4-8(17)18;1-2(9(15)16)17-8-6(13)4(11)3(10)5(12)7(8)14;1-12-7-2-4-8(5-3-7)13-6-9(10)11/h1-7,12H,8H2,(H,15,16)(H,17,18);3-7H,1-2H3,(H,14,15)(H,16,17);4-5H,6H2,1-3H3,(H,12,13);1-3,8H,4H2,(H,13,14)(H,15,16);1-3H,4H2,(H,17,18);2H,1H3,(H,15,16);2-5H,6H2,1H3,(H,10,11). The number of benzene rings is 8. The molecule has 0 spiro atoms. The predicted molar refractivity (Wildman–Crippen MR) is 415 cm³/mol. The molecule has 0 fully saturated rings. The number of rotatable bonds is 29. The van der Waals surface area contributed by atoms with E-state index < -0.39 is 139 Å². The van der Waals surface area contributed by atoms with Gasteiger partial charge in [0.05, 0.1) is 51.2 Å². The summed E-state index contributed by atoms with van der Waals surface area (Å²) in [4.78, 5) is 105. The number of methoxy groups -OCH3 is 1. The molecular formula is C75H68Cl8F6O29. The van der Waals surface area contributed by atoms with Gasteiger partial charge < -0.3 is 93.7 Å². The zero-order valence-electron chi connectivity index (χ0n) is 61.6. The molecule has 0 aliphatic heterocycles. The maximum atomic E-state index is 12.4. The molecule has 43 heteroatoms. The summed E-state index contributed by atoms with van der Waals surface area (Å²) in [6.07, 6.45) is -17.4. The van der Waals surface area contributed by atoms with E-state index in [-0.39, 0.29) is 82.5 Å². The fraction of sp³-hybridized carbons (Fsp3) is 0.253. The lowest BCUT2D eigenvalue weighted by Crippen LogP contribution is -2.29. The molecule has 0 saturated heterocycles.